The van der Waals surface area contributed by atoms with Crippen molar-refractivity contribution in [3.8, 4) is 0 Å². The number of ether oxygens (including phenoxy) is 4. The highest BCUT2D eigenvalue weighted by Gasteiger charge is 2.24. The second kappa shape index (κ2) is 11.9. The maximum Gasteiger partial charge on any atom is 0.310 e. The molecule has 6 nitrogen and oxygen atoms in total. The lowest BCUT2D eigenvalue weighted by atomic mass is 9.85. The number of carbonyl (C=O) groups is 1. The van der Waals surface area contributed by atoms with Gasteiger partial charge in [-0.3, -0.25) is 4.79 Å². The normalized spacial score (nSPS) is 13.2. The van der Waals surface area contributed by atoms with Crippen LogP contribution in [-0.2, 0) is 23.7 Å². The van der Waals surface area contributed by atoms with Crippen molar-refractivity contribution in [2.75, 3.05) is 53.3 Å². The molecule has 0 amide bonds. The van der Waals surface area contributed by atoms with Gasteiger partial charge >= 0.3 is 5.97 Å². The SMILES string of the molecule is COCCOCCOCCOC(=O)C(CN)CC(C)(C)C. The van der Waals surface area contributed by atoms with Gasteiger partial charge in [-0.05, 0) is 11.8 Å². The van der Waals surface area contributed by atoms with E-state index in [0.29, 0.717) is 39.6 Å². The average Bonchev–Trinajstić information content (AvgIpc) is 2.41. The van der Waals surface area contributed by atoms with Crippen LogP contribution in [0.5, 0.6) is 0 Å². The Morgan fingerprint density at radius 3 is 2.00 bits per heavy atom. The lowest BCUT2D eigenvalue weighted by Gasteiger charge is -2.23. The fraction of sp³-hybridized carbons (Fsp3) is 0.933. The van der Waals surface area contributed by atoms with Crippen molar-refractivity contribution < 1.29 is 23.7 Å². The molecule has 0 aromatic rings. The summed E-state index contributed by atoms with van der Waals surface area (Å²) in [5.74, 6) is -0.491. The molecule has 0 radical (unpaired) electrons. The summed E-state index contributed by atoms with van der Waals surface area (Å²) in [6, 6.07) is 0. The summed E-state index contributed by atoms with van der Waals surface area (Å²) in [7, 11) is 1.63. The third kappa shape index (κ3) is 12.7. The van der Waals surface area contributed by atoms with Gasteiger partial charge in [0.25, 0.3) is 0 Å². The zero-order chi connectivity index (χ0) is 16.1. The third-order valence-electron chi connectivity index (χ3n) is 2.75. The van der Waals surface area contributed by atoms with Crippen molar-refractivity contribution in [1.29, 1.82) is 0 Å². The molecule has 0 saturated carbocycles. The first kappa shape index (κ1) is 20.3. The summed E-state index contributed by atoms with van der Waals surface area (Å²) in [5.41, 5.74) is 5.69. The van der Waals surface area contributed by atoms with Gasteiger partial charge in [-0.2, -0.15) is 0 Å². The fourth-order valence-electron chi connectivity index (χ4n) is 1.79. The van der Waals surface area contributed by atoms with Crippen molar-refractivity contribution in [2.24, 2.45) is 17.1 Å². The van der Waals surface area contributed by atoms with Crippen LogP contribution in [0.3, 0.4) is 0 Å². The molecular formula is C15H31NO5. The highest BCUT2D eigenvalue weighted by atomic mass is 16.6. The summed E-state index contributed by atoms with van der Waals surface area (Å²) in [4.78, 5) is 11.9. The summed E-state index contributed by atoms with van der Waals surface area (Å²) in [6.07, 6.45) is 0.719. The molecule has 0 aliphatic rings. The topological polar surface area (TPSA) is 80.0 Å². The monoisotopic (exact) mass is 305 g/mol. The van der Waals surface area contributed by atoms with E-state index in [1.165, 1.54) is 0 Å². The number of rotatable bonds is 12. The van der Waals surface area contributed by atoms with Crippen LogP contribution < -0.4 is 5.73 Å². The molecule has 126 valence electrons. The molecule has 0 aromatic heterocycles. The maximum atomic E-state index is 11.9. The van der Waals surface area contributed by atoms with Gasteiger partial charge in [-0.15, -0.1) is 0 Å². The van der Waals surface area contributed by atoms with Gasteiger partial charge < -0.3 is 24.7 Å². The molecule has 0 saturated heterocycles. The summed E-state index contributed by atoms with van der Waals surface area (Å²) in [5, 5.41) is 0. The summed E-state index contributed by atoms with van der Waals surface area (Å²) < 4.78 is 20.6. The Kier molecular flexibility index (Phi) is 11.5. The Morgan fingerprint density at radius 2 is 1.52 bits per heavy atom. The van der Waals surface area contributed by atoms with E-state index in [0.717, 1.165) is 6.42 Å². The first-order chi connectivity index (χ1) is 9.90. The number of carbonyl (C=O) groups excluding carboxylic acids is 1. The van der Waals surface area contributed by atoms with Gasteiger partial charge in [-0.1, -0.05) is 20.8 Å². The Morgan fingerprint density at radius 1 is 1.00 bits per heavy atom. The van der Waals surface area contributed by atoms with Crippen LogP contribution in [0.4, 0.5) is 0 Å². The molecule has 1 atom stereocenters. The minimum Gasteiger partial charge on any atom is -0.463 e. The van der Waals surface area contributed by atoms with Gasteiger partial charge in [0.15, 0.2) is 0 Å². The van der Waals surface area contributed by atoms with E-state index in [-0.39, 0.29) is 23.9 Å². The number of methoxy groups -OCH3 is 1. The van der Waals surface area contributed by atoms with Gasteiger partial charge in [0.2, 0.25) is 0 Å². The fourth-order valence-corrected chi connectivity index (χ4v) is 1.79. The molecule has 0 bridgehead atoms. The molecule has 0 spiro atoms. The van der Waals surface area contributed by atoms with Crippen LogP contribution in [0.15, 0.2) is 0 Å². The second-order valence-corrected chi connectivity index (χ2v) is 6.08. The van der Waals surface area contributed by atoms with E-state index in [2.05, 4.69) is 20.8 Å². The standard InChI is InChI=1S/C15H31NO5/c1-15(2,3)11-13(12-16)14(17)21-10-9-20-8-7-19-6-5-18-4/h13H,5-12,16H2,1-4H3. The number of nitrogens with two attached hydrogens (primary N) is 1. The van der Waals surface area contributed by atoms with Crippen molar-refractivity contribution in [1.82, 2.24) is 0 Å². The zero-order valence-electron chi connectivity index (χ0n) is 13.9. The lowest BCUT2D eigenvalue weighted by molar-refractivity contribution is -0.151. The molecule has 0 aliphatic carbocycles. The molecule has 0 aliphatic heterocycles. The van der Waals surface area contributed by atoms with Gasteiger partial charge in [0, 0.05) is 13.7 Å². The number of hydrogen-bond donors (Lipinski definition) is 1. The molecular weight excluding hydrogens is 274 g/mol. The molecule has 6 heteroatoms. The van der Waals surface area contributed by atoms with E-state index in [1.807, 2.05) is 0 Å². The smallest absolute Gasteiger partial charge is 0.310 e. The van der Waals surface area contributed by atoms with E-state index in [9.17, 15) is 4.79 Å². The van der Waals surface area contributed by atoms with E-state index < -0.39 is 0 Å². The van der Waals surface area contributed by atoms with E-state index in [4.69, 9.17) is 24.7 Å². The van der Waals surface area contributed by atoms with Gasteiger partial charge in [0.1, 0.15) is 6.61 Å². The predicted molar refractivity (Wildman–Crippen MR) is 81.1 cm³/mol. The van der Waals surface area contributed by atoms with Crippen molar-refractivity contribution in [3.63, 3.8) is 0 Å². The van der Waals surface area contributed by atoms with Crippen molar-refractivity contribution in [2.45, 2.75) is 27.2 Å². The third-order valence-corrected chi connectivity index (χ3v) is 2.75. The quantitative estimate of drug-likeness (QED) is 0.431. The molecule has 0 aromatic carbocycles. The van der Waals surface area contributed by atoms with Crippen molar-refractivity contribution >= 4 is 5.97 Å². The minimum atomic E-state index is -0.248. The highest BCUT2D eigenvalue weighted by molar-refractivity contribution is 5.72. The zero-order valence-corrected chi connectivity index (χ0v) is 13.9. The van der Waals surface area contributed by atoms with Crippen LogP contribution in [0.2, 0.25) is 0 Å². The average molecular weight is 305 g/mol. The molecule has 2 N–H and O–H groups in total. The molecule has 0 heterocycles. The lowest BCUT2D eigenvalue weighted by Crippen LogP contribution is -2.30. The van der Waals surface area contributed by atoms with Crippen LogP contribution in [0, 0.1) is 11.3 Å². The largest absolute Gasteiger partial charge is 0.463 e. The minimum absolute atomic E-state index is 0.0547. The molecule has 1 unspecified atom stereocenters. The first-order valence-corrected chi connectivity index (χ1v) is 7.42. The van der Waals surface area contributed by atoms with Crippen LogP contribution >= 0.6 is 0 Å². The maximum absolute atomic E-state index is 11.9. The van der Waals surface area contributed by atoms with Crippen LogP contribution in [0.25, 0.3) is 0 Å². The Bertz CT molecular complexity index is 265. The Balaban J connectivity index is 3.60. The van der Waals surface area contributed by atoms with E-state index >= 15 is 0 Å². The second-order valence-electron chi connectivity index (χ2n) is 6.08. The Labute approximate surface area is 128 Å². The molecule has 0 rings (SSSR count). The van der Waals surface area contributed by atoms with Crippen LogP contribution in [-0.4, -0.2) is 59.3 Å². The number of esters is 1. The van der Waals surface area contributed by atoms with Gasteiger partial charge in [-0.25, -0.2) is 0 Å². The van der Waals surface area contributed by atoms with Gasteiger partial charge in [0.05, 0.1) is 39.0 Å². The highest BCUT2D eigenvalue weighted by Crippen LogP contribution is 2.24. The van der Waals surface area contributed by atoms with E-state index in [1.54, 1.807) is 7.11 Å². The summed E-state index contributed by atoms with van der Waals surface area (Å²) in [6.45, 7) is 9.27. The number of hydrogen-bond acceptors (Lipinski definition) is 6. The molecule has 21 heavy (non-hydrogen) atoms. The first-order valence-electron chi connectivity index (χ1n) is 7.42. The molecule has 0 fully saturated rings. The predicted octanol–water partition coefficient (Wildman–Crippen LogP) is 1.22. The summed E-state index contributed by atoms with van der Waals surface area (Å²) >= 11 is 0. The Hall–Kier alpha value is -0.690. The van der Waals surface area contributed by atoms with Crippen molar-refractivity contribution in [3.05, 3.63) is 0 Å². The van der Waals surface area contributed by atoms with Crippen LogP contribution in [0.1, 0.15) is 27.2 Å².